The first kappa shape index (κ1) is 15.2. The summed E-state index contributed by atoms with van der Waals surface area (Å²) in [5, 5.41) is 4.70. The molecular weight excluding hydrogens is 276 g/mol. The molecule has 1 aromatic heterocycles. The minimum absolute atomic E-state index is 0.0999. The molecule has 0 radical (unpaired) electrons. The van der Waals surface area contributed by atoms with E-state index < -0.39 is 0 Å². The zero-order chi connectivity index (χ0) is 14.0. The highest BCUT2D eigenvalue weighted by Gasteiger charge is 2.14. The smallest absolute Gasteiger partial charge is 0.244 e. The molecule has 1 aromatic rings. The molecule has 1 aliphatic rings. The first-order valence-electron chi connectivity index (χ1n) is 6.88. The Hall–Kier alpha value is -1.24. The largest absolute Gasteiger partial charge is 0.379 e. The highest BCUT2D eigenvalue weighted by atomic mass is 32.1. The number of hydrogen-bond acceptors (Lipinski definition) is 5. The van der Waals surface area contributed by atoms with Gasteiger partial charge in [0.1, 0.15) is 0 Å². The standard InChI is InChI=1S/C14H20N2O3S/c17-14(5-4-12-10-20-11-16-12)15-6-2-7-18-9-13-3-1-8-19-13/h4-5,10-11,13H,1-3,6-9H2,(H,15,17)/b5-4-/t13-/m1/s1. The molecule has 1 saturated heterocycles. The first-order chi connectivity index (χ1) is 9.84. The number of ether oxygens (including phenoxy) is 2. The third kappa shape index (κ3) is 5.81. The Bertz CT molecular complexity index is 414. The molecule has 6 heteroatoms. The second kappa shape index (κ2) is 8.84. The van der Waals surface area contributed by atoms with Gasteiger partial charge in [-0.3, -0.25) is 4.79 Å². The topological polar surface area (TPSA) is 60.5 Å². The molecule has 0 unspecified atom stereocenters. The van der Waals surface area contributed by atoms with Crippen LogP contribution in [0.25, 0.3) is 6.08 Å². The van der Waals surface area contributed by atoms with Crippen LogP contribution < -0.4 is 5.32 Å². The van der Waals surface area contributed by atoms with Crippen molar-refractivity contribution in [1.29, 1.82) is 0 Å². The van der Waals surface area contributed by atoms with E-state index >= 15 is 0 Å². The molecule has 5 nitrogen and oxygen atoms in total. The van der Waals surface area contributed by atoms with Gasteiger partial charge in [0, 0.05) is 31.2 Å². The van der Waals surface area contributed by atoms with Crippen LogP contribution in [0.1, 0.15) is 25.0 Å². The van der Waals surface area contributed by atoms with Crippen LogP contribution >= 0.6 is 11.3 Å². The molecule has 2 heterocycles. The Balaban J connectivity index is 1.47. The number of carbonyl (C=O) groups is 1. The van der Waals surface area contributed by atoms with Gasteiger partial charge < -0.3 is 14.8 Å². The number of hydrogen-bond donors (Lipinski definition) is 1. The molecule has 0 spiro atoms. The van der Waals surface area contributed by atoms with Crippen LogP contribution in [0.3, 0.4) is 0 Å². The van der Waals surface area contributed by atoms with Crippen LogP contribution in [0.2, 0.25) is 0 Å². The normalized spacial score (nSPS) is 18.7. The van der Waals surface area contributed by atoms with Gasteiger partial charge in [0.05, 0.1) is 23.9 Å². The summed E-state index contributed by atoms with van der Waals surface area (Å²) in [6.45, 7) is 2.79. The van der Waals surface area contributed by atoms with Gasteiger partial charge in [-0.2, -0.15) is 0 Å². The molecule has 0 saturated carbocycles. The van der Waals surface area contributed by atoms with Crippen molar-refractivity contribution >= 4 is 23.3 Å². The van der Waals surface area contributed by atoms with Crippen molar-refractivity contribution in [2.24, 2.45) is 0 Å². The summed E-state index contributed by atoms with van der Waals surface area (Å²) in [5.41, 5.74) is 2.55. The van der Waals surface area contributed by atoms with Gasteiger partial charge in [0.25, 0.3) is 0 Å². The Kier molecular flexibility index (Phi) is 6.70. The predicted molar refractivity (Wildman–Crippen MR) is 78.6 cm³/mol. The quantitative estimate of drug-likeness (QED) is 0.587. The van der Waals surface area contributed by atoms with Crippen LogP contribution in [0.5, 0.6) is 0 Å². The highest BCUT2D eigenvalue weighted by molar-refractivity contribution is 7.07. The van der Waals surface area contributed by atoms with E-state index in [4.69, 9.17) is 9.47 Å². The lowest BCUT2D eigenvalue weighted by Gasteiger charge is -2.09. The maximum absolute atomic E-state index is 11.5. The van der Waals surface area contributed by atoms with Crippen molar-refractivity contribution in [3.63, 3.8) is 0 Å². The minimum atomic E-state index is -0.0999. The summed E-state index contributed by atoms with van der Waals surface area (Å²) in [4.78, 5) is 15.6. The fourth-order valence-corrected chi connectivity index (χ4v) is 2.42. The number of nitrogens with zero attached hydrogens (tertiary/aromatic N) is 1. The van der Waals surface area contributed by atoms with E-state index in [0.29, 0.717) is 19.8 Å². The number of amides is 1. The molecular formula is C14H20N2O3S. The molecule has 2 rings (SSSR count). The van der Waals surface area contributed by atoms with Crippen LogP contribution in [-0.2, 0) is 14.3 Å². The van der Waals surface area contributed by atoms with Crippen LogP contribution in [0.15, 0.2) is 17.0 Å². The SMILES string of the molecule is O=C(/C=C\c1cscn1)NCCCOC[C@H]1CCCO1. The van der Waals surface area contributed by atoms with E-state index in [1.807, 2.05) is 5.38 Å². The minimum Gasteiger partial charge on any atom is -0.379 e. The summed E-state index contributed by atoms with van der Waals surface area (Å²) >= 11 is 1.51. The first-order valence-corrected chi connectivity index (χ1v) is 7.82. The van der Waals surface area contributed by atoms with Crippen molar-refractivity contribution in [3.05, 3.63) is 22.7 Å². The molecule has 1 atom stereocenters. The third-order valence-electron chi connectivity index (χ3n) is 2.95. The maximum Gasteiger partial charge on any atom is 0.244 e. The van der Waals surface area contributed by atoms with Crippen molar-refractivity contribution in [2.45, 2.75) is 25.4 Å². The highest BCUT2D eigenvalue weighted by Crippen LogP contribution is 2.11. The molecule has 1 aliphatic heterocycles. The molecule has 0 aliphatic carbocycles. The third-order valence-corrected chi connectivity index (χ3v) is 3.55. The molecule has 1 N–H and O–H groups in total. The Labute approximate surface area is 123 Å². The Morgan fingerprint density at radius 2 is 2.60 bits per heavy atom. The van der Waals surface area contributed by atoms with Crippen LogP contribution in [-0.4, -0.2) is 43.4 Å². The molecule has 1 amide bonds. The van der Waals surface area contributed by atoms with Gasteiger partial charge >= 0.3 is 0 Å². The molecule has 1 fully saturated rings. The second-order valence-corrected chi connectivity index (χ2v) is 5.32. The van der Waals surface area contributed by atoms with Crippen molar-refractivity contribution in [3.8, 4) is 0 Å². The van der Waals surface area contributed by atoms with E-state index in [0.717, 1.165) is 31.6 Å². The van der Waals surface area contributed by atoms with Gasteiger partial charge in [-0.15, -0.1) is 11.3 Å². The zero-order valence-corrected chi connectivity index (χ0v) is 12.2. The lowest BCUT2D eigenvalue weighted by Crippen LogP contribution is -2.23. The van der Waals surface area contributed by atoms with E-state index in [-0.39, 0.29) is 12.0 Å². The van der Waals surface area contributed by atoms with Crippen molar-refractivity contribution in [2.75, 3.05) is 26.4 Å². The lowest BCUT2D eigenvalue weighted by atomic mass is 10.2. The van der Waals surface area contributed by atoms with Gasteiger partial charge in [-0.05, 0) is 25.3 Å². The number of rotatable bonds is 8. The van der Waals surface area contributed by atoms with E-state index in [1.54, 1.807) is 11.6 Å². The fraction of sp³-hybridized carbons (Fsp3) is 0.571. The Morgan fingerprint density at radius 1 is 1.65 bits per heavy atom. The van der Waals surface area contributed by atoms with E-state index in [1.165, 1.54) is 17.4 Å². The van der Waals surface area contributed by atoms with Crippen molar-refractivity contribution < 1.29 is 14.3 Å². The van der Waals surface area contributed by atoms with Crippen LogP contribution in [0, 0.1) is 0 Å². The fourth-order valence-electron chi connectivity index (χ4n) is 1.90. The number of nitrogens with one attached hydrogen (secondary N) is 1. The number of thiazole rings is 1. The Morgan fingerprint density at radius 3 is 3.35 bits per heavy atom. The average molecular weight is 296 g/mol. The number of aromatic nitrogens is 1. The van der Waals surface area contributed by atoms with Gasteiger partial charge in [0.2, 0.25) is 5.91 Å². The monoisotopic (exact) mass is 296 g/mol. The summed E-state index contributed by atoms with van der Waals surface area (Å²) < 4.78 is 11.0. The summed E-state index contributed by atoms with van der Waals surface area (Å²) in [6, 6.07) is 0. The van der Waals surface area contributed by atoms with Crippen LogP contribution in [0.4, 0.5) is 0 Å². The van der Waals surface area contributed by atoms with Gasteiger partial charge in [0.15, 0.2) is 0 Å². The molecule has 0 aromatic carbocycles. The van der Waals surface area contributed by atoms with Gasteiger partial charge in [-0.25, -0.2) is 4.98 Å². The number of carbonyl (C=O) groups excluding carboxylic acids is 1. The second-order valence-electron chi connectivity index (χ2n) is 4.60. The average Bonchev–Trinajstić information content (AvgIpc) is 3.13. The van der Waals surface area contributed by atoms with E-state index in [9.17, 15) is 4.79 Å². The summed E-state index contributed by atoms with van der Waals surface area (Å²) in [7, 11) is 0. The van der Waals surface area contributed by atoms with Gasteiger partial charge in [-0.1, -0.05) is 0 Å². The lowest BCUT2D eigenvalue weighted by molar-refractivity contribution is -0.116. The summed E-state index contributed by atoms with van der Waals surface area (Å²) in [6.07, 6.45) is 6.52. The van der Waals surface area contributed by atoms with E-state index in [2.05, 4.69) is 10.3 Å². The zero-order valence-electron chi connectivity index (χ0n) is 11.4. The maximum atomic E-state index is 11.5. The molecule has 0 bridgehead atoms. The summed E-state index contributed by atoms with van der Waals surface area (Å²) in [5.74, 6) is -0.0999. The predicted octanol–water partition coefficient (Wildman–Crippen LogP) is 1.86. The van der Waals surface area contributed by atoms with Crippen molar-refractivity contribution in [1.82, 2.24) is 10.3 Å². The molecule has 110 valence electrons. The molecule has 20 heavy (non-hydrogen) atoms.